The first-order chi connectivity index (χ1) is 14.4. The first-order valence-electron chi connectivity index (χ1n) is 9.94. The molecule has 8 heteroatoms. The number of methoxy groups -OCH3 is 2. The van der Waals surface area contributed by atoms with E-state index in [0.29, 0.717) is 43.7 Å². The highest BCUT2D eigenvalue weighted by Gasteiger charge is 2.40. The Labute approximate surface area is 178 Å². The van der Waals surface area contributed by atoms with Gasteiger partial charge in [-0.05, 0) is 55.5 Å². The van der Waals surface area contributed by atoms with E-state index in [2.05, 4.69) is 5.32 Å². The molecule has 1 amide bonds. The number of ether oxygens (including phenoxy) is 2. The van der Waals surface area contributed by atoms with Crippen LogP contribution in [0.2, 0.25) is 0 Å². The lowest BCUT2D eigenvalue weighted by Gasteiger charge is -2.24. The van der Waals surface area contributed by atoms with Gasteiger partial charge >= 0.3 is 0 Å². The average molecular weight is 433 g/mol. The Balaban J connectivity index is 1.67. The van der Waals surface area contributed by atoms with Crippen LogP contribution < -0.4 is 14.8 Å². The molecule has 1 aliphatic rings. The van der Waals surface area contributed by atoms with Gasteiger partial charge in [0.15, 0.2) is 0 Å². The summed E-state index contributed by atoms with van der Waals surface area (Å²) in [6, 6.07) is 11.9. The van der Waals surface area contributed by atoms with Gasteiger partial charge in [-0.25, -0.2) is 8.42 Å². The van der Waals surface area contributed by atoms with Crippen LogP contribution in [0.1, 0.15) is 24.0 Å². The van der Waals surface area contributed by atoms with Crippen molar-refractivity contribution in [2.75, 3.05) is 27.3 Å². The van der Waals surface area contributed by atoms with Gasteiger partial charge in [-0.2, -0.15) is 4.31 Å². The van der Waals surface area contributed by atoms with Gasteiger partial charge in [-0.3, -0.25) is 4.79 Å². The van der Waals surface area contributed by atoms with Crippen molar-refractivity contribution in [3.63, 3.8) is 0 Å². The Bertz CT molecular complexity index is 989. The van der Waals surface area contributed by atoms with Gasteiger partial charge in [-0.15, -0.1) is 0 Å². The Kier molecular flexibility index (Phi) is 6.99. The topological polar surface area (TPSA) is 84.9 Å². The minimum atomic E-state index is -3.80. The molecule has 0 radical (unpaired) electrons. The number of nitrogens with zero attached hydrogens (tertiary/aromatic N) is 1. The van der Waals surface area contributed by atoms with Gasteiger partial charge in [0.05, 0.1) is 19.1 Å². The van der Waals surface area contributed by atoms with Gasteiger partial charge < -0.3 is 14.8 Å². The largest absolute Gasteiger partial charge is 0.497 e. The molecule has 30 heavy (non-hydrogen) atoms. The van der Waals surface area contributed by atoms with Crippen molar-refractivity contribution in [1.82, 2.24) is 9.62 Å². The van der Waals surface area contributed by atoms with E-state index in [9.17, 15) is 13.2 Å². The summed E-state index contributed by atoms with van der Waals surface area (Å²) in [5.41, 5.74) is 1.69. The van der Waals surface area contributed by atoms with E-state index in [1.807, 2.05) is 24.3 Å². The van der Waals surface area contributed by atoms with Gasteiger partial charge in [0.2, 0.25) is 15.9 Å². The first-order valence-corrected chi connectivity index (χ1v) is 11.4. The second kappa shape index (κ2) is 9.49. The molecule has 2 aromatic carbocycles. The maximum absolute atomic E-state index is 13.3. The molecule has 1 aliphatic heterocycles. The SMILES string of the molecule is COc1ccc(CCNC(=O)[C@@H]2CCCN2S(=O)(=O)c2cc(OC)ccc2C)cc1. The van der Waals surface area contributed by atoms with Crippen molar-refractivity contribution in [1.29, 1.82) is 0 Å². The number of benzene rings is 2. The molecule has 1 saturated heterocycles. The highest BCUT2D eigenvalue weighted by Crippen LogP contribution is 2.30. The van der Waals surface area contributed by atoms with Gasteiger partial charge in [-0.1, -0.05) is 18.2 Å². The van der Waals surface area contributed by atoms with Gasteiger partial charge in [0, 0.05) is 19.2 Å². The molecule has 0 aromatic heterocycles. The van der Waals surface area contributed by atoms with E-state index in [-0.39, 0.29) is 10.8 Å². The summed E-state index contributed by atoms with van der Waals surface area (Å²) in [7, 11) is -0.692. The van der Waals surface area contributed by atoms with E-state index in [4.69, 9.17) is 9.47 Å². The summed E-state index contributed by atoms with van der Waals surface area (Å²) in [5, 5.41) is 2.89. The van der Waals surface area contributed by atoms with Crippen LogP contribution in [0.3, 0.4) is 0 Å². The maximum atomic E-state index is 13.3. The summed E-state index contributed by atoms with van der Waals surface area (Å²) in [6.45, 7) is 2.51. The van der Waals surface area contributed by atoms with E-state index in [1.54, 1.807) is 26.2 Å². The third-order valence-corrected chi connectivity index (χ3v) is 7.41. The number of amides is 1. The molecule has 1 N–H and O–H groups in total. The molecule has 7 nitrogen and oxygen atoms in total. The molecule has 0 spiro atoms. The van der Waals surface area contributed by atoms with Crippen LogP contribution >= 0.6 is 0 Å². The predicted molar refractivity (Wildman–Crippen MR) is 114 cm³/mol. The second-order valence-electron chi connectivity index (χ2n) is 7.29. The zero-order valence-corrected chi connectivity index (χ0v) is 18.4. The van der Waals surface area contributed by atoms with Crippen molar-refractivity contribution >= 4 is 15.9 Å². The van der Waals surface area contributed by atoms with E-state index >= 15 is 0 Å². The molecular weight excluding hydrogens is 404 g/mol. The summed E-state index contributed by atoms with van der Waals surface area (Å²) >= 11 is 0. The molecule has 3 rings (SSSR count). The molecule has 0 bridgehead atoms. The van der Waals surface area contributed by atoms with Crippen molar-refractivity contribution < 1.29 is 22.7 Å². The van der Waals surface area contributed by atoms with E-state index < -0.39 is 16.1 Å². The summed E-state index contributed by atoms with van der Waals surface area (Å²) in [4.78, 5) is 13.0. The number of hydrogen-bond donors (Lipinski definition) is 1. The van der Waals surface area contributed by atoms with Crippen LogP contribution in [0.5, 0.6) is 11.5 Å². The number of rotatable bonds is 8. The predicted octanol–water partition coefficient (Wildman–Crippen LogP) is 2.52. The number of aryl methyl sites for hydroxylation is 1. The number of sulfonamides is 1. The van der Waals surface area contributed by atoms with Gasteiger partial charge in [0.1, 0.15) is 17.5 Å². The number of carbonyl (C=O) groups excluding carboxylic acids is 1. The molecule has 0 aliphatic carbocycles. The molecule has 1 fully saturated rings. The molecular formula is C22H28N2O5S. The van der Waals surface area contributed by atoms with E-state index in [1.165, 1.54) is 17.5 Å². The van der Waals surface area contributed by atoms with Crippen LogP contribution in [0.25, 0.3) is 0 Å². The molecule has 0 unspecified atom stereocenters. The highest BCUT2D eigenvalue weighted by molar-refractivity contribution is 7.89. The van der Waals surface area contributed by atoms with Crippen LogP contribution in [-0.4, -0.2) is 52.0 Å². The maximum Gasteiger partial charge on any atom is 0.244 e. The molecule has 0 saturated carbocycles. The van der Waals surface area contributed by atoms with Crippen molar-refractivity contribution in [2.45, 2.75) is 37.1 Å². The van der Waals surface area contributed by atoms with Crippen molar-refractivity contribution in [3.8, 4) is 11.5 Å². The normalized spacial score (nSPS) is 17.0. The fraction of sp³-hybridized carbons (Fsp3) is 0.409. The molecule has 1 atom stereocenters. The minimum absolute atomic E-state index is 0.180. The zero-order chi connectivity index (χ0) is 21.7. The Morgan fingerprint density at radius 3 is 2.43 bits per heavy atom. The Hall–Kier alpha value is -2.58. The first kappa shape index (κ1) is 22.1. The minimum Gasteiger partial charge on any atom is -0.497 e. The molecule has 2 aromatic rings. The second-order valence-corrected chi connectivity index (χ2v) is 9.15. The van der Waals surface area contributed by atoms with Gasteiger partial charge in [0.25, 0.3) is 0 Å². The summed E-state index contributed by atoms with van der Waals surface area (Å²) < 4.78 is 38.2. The smallest absolute Gasteiger partial charge is 0.244 e. The van der Waals surface area contributed by atoms with Crippen molar-refractivity contribution in [2.24, 2.45) is 0 Å². The third-order valence-electron chi connectivity index (χ3n) is 5.36. The van der Waals surface area contributed by atoms with Crippen LogP contribution in [0.4, 0.5) is 0 Å². The quantitative estimate of drug-likeness (QED) is 0.693. The highest BCUT2D eigenvalue weighted by atomic mass is 32.2. The number of hydrogen-bond acceptors (Lipinski definition) is 5. The fourth-order valence-electron chi connectivity index (χ4n) is 3.64. The van der Waals surface area contributed by atoms with Crippen LogP contribution in [-0.2, 0) is 21.2 Å². The lowest BCUT2D eigenvalue weighted by Crippen LogP contribution is -2.46. The lowest BCUT2D eigenvalue weighted by atomic mass is 10.1. The lowest BCUT2D eigenvalue weighted by molar-refractivity contribution is -0.124. The standard InChI is InChI=1S/C22H28N2O5S/c1-16-6-9-19(29-3)15-21(16)30(26,27)24-14-4-5-20(24)22(25)23-13-12-17-7-10-18(28-2)11-8-17/h6-11,15,20H,4-5,12-14H2,1-3H3,(H,23,25)/t20-/m0/s1. The number of nitrogens with one attached hydrogen (secondary N) is 1. The summed E-state index contributed by atoms with van der Waals surface area (Å²) in [6.07, 6.45) is 1.82. The van der Waals surface area contributed by atoms with Crippen molar-refractivity contribution in [3.05, 3.63) is 53.6 Å². The van der Waals surface area contributed by atoms with Crippen LogP contribution in [0, 0.1) is 6.92 Å². The average Bonchev–Trinajstić information content (AvgIpc) is 3.25. The Morgan fingerprint density at radius 2 is 1.77 bits per heavy atom. The molecule has 162 valence electrons. The molecule has 1 heterocycles. The fourth-order valence-corrected chi connectivity index (χ4v) is 5.54. The van der Waals surface area contributed by atoms with Crippen LogP contribution in [0.15, 0.2) is 47.4 Å². The monoisotopic (exact) mass is 432 g/mol. The number of carbonyl (C=O) groups is 1. The summed E-state index contributed by atoms with van der Waals surface area (Å²) in [5.74, 6) is 0.992. The van der Waals surface area contributed by atoms with E-state index in [0.717, 1.165) is 11.3 Å². The third kappa shape index (κ3) is 4.76. The Morgan fingerprint density at radius 1 is 1.10 bits per heavy atom. The zero-order valence-electron chi connectivity index (χ0n) is 17.6.